The normalized spacial score (nSPS) is 15.5. The van der Waals surface area contributed by atoms with Crippen molar-refractivity contribution in [2.45, 2.75) is 72.9 Å². The monoisotopic (exact) mass is 361 g/mol. The van der Waals surface area contributed by atoms with Crippen molar-refractivity contribution >= 4 is 11.3 Å². The van der Waals surface area contributed by atoms with Crippen LogP contribution in [0.3, 0.4) is 0 Å². The summed E-state index contributed by atoms with van der Waals surface area (Å²) in [6.07, 6.45) is 4.40. The average Bonchev–Trinajstić information content (AvgIpc) is 3.18. The van der Waals surface area contributed by atoms with Crippen molar-refractivity contribution in [2.75, 3.05) is 6.54 Å². The van der Waals surface area contributed by atoms with Crippen LogP contribution >= 0.6 is 11.3 Å². The first-order valence-electron chi connectivity index (χ1n) is 9.84. The van der Waals surface area contributed by atoms with Gasteiger partial charge in [0.2, 0.25) is 0 Å². The summed E-state index contributed by atoms with van der Waals surface area (Å²) in [5.41, 5.74) is 2.50. The number of fused-ring (bicyclic) bond motifs is 1. The van der Waals surface area contributed by atoms with Crippen LogP contribution in [0.15, 0.2) is 35.7 Å². The molecule has 0 spiro atoms. The lowest BCUT2D eigenvalue weighted by Crippen LogP contribution is -2.39. The maximum atomic E-state index is 9.98. The van der Waals surface area contributed by atoms with Gasteiger partial charge in [-0.05, 0) is 60.9 Å². The van der Waals surface area contributed by atoms with Crippen LogP contribution in [-0.4, -0.2) is 22.6 Å². The zero-order valence-electron chi connectivity index (χ0n) is 16.6. The molecule has 0 radical (unpaired) electrons. The Morgan fingerprint density at radius 2 is 1.88 bits per heavy atom. The Hall–Kier alpha value is -1.32. The van der Waals surface area contributed by atoms with Crippen molar-refractivity contribution in [1.82, 2.24) is 4.90 Å². The van der Waals surface area contributed by atoms with E-state index < -0.39 is 0 Å². The fourth-order valence-electron chi connectivity index (χ4n) is 3.36. The number of thiophene rings is 1. The Morgan fingerprint density at radius 3 is 2.52 bits per heavy atom. The van der Waals surface area contributed by atoms with Gasteiger partial charge in [-0.15, -0.1) is 11.3 Å². The molecule has 3 heteroatoms. The van der Waals surface area contributed by atoms with Crippen molar-refractivity contribution in [3.63, 3.8) is 0 Å². The molecular weight excluding hydrogens is 326 g/mol. The summed E-state index contributed by atoms with van der Waals surface area (Å²) < 4.78 is 0. The summed E-state index contributed by atoms with van der Waals surface area (Å²) in [4.78, 5) is 4.07. The van der Waals surface area contributed by atoms with E-state index in [-0.39, 0.29) is 0 Å². The number of phenols is 1. The minimum Gasteiger partial charge on any atom is -0.508 e. The quantitative estimate of drug-likeness (QED) is 0.678. The maximum absolute atomic E-state index is 9.98. The second-order valence-electron chi connectivity index (χ2n) is 5.86. The average molecular weight is 362 g/mol. The number of aromatic hydroxyl groups is 1. The van der Waals surface area contributed by atoms with Crippen LogP contribution in [-0.2, 0) is 19.4 Å². The molecule has 1 N–H and O–H groups in total. The molecule has 1 aromatic carbocycles. The van der Waals surface area contributed by atoms with Gasteiger partial charge in [-0.25, -0.2) is 0 Å². The lowest BCUT2D eigenvalue weighted by molar-refractivity contribution is 0.172. The molecule has 0 aliphatic heterocycles. The molecule has 0 amide bonds. The first kappa shape index (κ1) is 21.7. The molecule has 0 saturated carbocycles. The topological polar surface area (TPSA) is 23.5 Å². The molecule has 0 bridgehead atoms. The Bertz CT molecular complexity index is 580. The molecule has 1 atom stereocenters. The molecule has 1 aliphatic rings. The second kappa shape index (κ2) is 12.1. The van der Waals surface area contributed by atoms with Gasteiger partial charge in [0.1, 0.15) is 5.75 Å². The summed E-state index contributed by atoms with van der Waals surface area (Å²) in [7, 11) is 0. The maximum Gasteiger partial charge on any atom is 0.119 e. The highest BCUT2D eigenvalue weighted by molar-refractivity contribution is 7.09. The van der Waals surface area contributed by atoms with E-state index in [0.717, 1.165) is 32.4 Å². The van der Waals surface area contributed by atoms with Crippen LogP contribution in [0, 0.1) is 0 Å². The summed E-state index contributed by atoms with van der Waals surface area (Å²) in [6, 6.07) is 10.9. The van der Waals surface area contributed by atoms with Crippen LogP contribution in [0.1, 0.15) is 63.5 Å². The molecule has 0 saturated heterocycles. The molecule has 2 nitrogen and oxygen atoms in total. The number of nitrogens with zero attached hydrogens (tertiary/aromatic N) is 1. The predicted molar refractivity (Wildman–Crippen MR) is 112 cm³/mol. The van der Waals surface area contributed by atoms with Gasteiger partial charge in [-0.1, -0.05) is 52.8 Å². The first-order chi connectivity index (χ1) is 12.3. The zero-order valence-corrected chi connectivity index (χ0v) is 17.4. The molecule has 140 valence electrons. The summed E-state index contributed by atoms with van der Waals surface area (Å²) >= 11 is 1.85. The standard InChI is InChI=1S/C18H23NOS.2C2H6/c1-2-10-19(13-16-6-4-11-21-16)15-8-9-17-14(12-15)5-3-7-18(17)20;2*1-2/h3-7,11,15,20H,2,8-10,12-13H2,1H3;2*1-2H3. The van der Waals surface area contributed by atoms with Crippen molar-refractivity contribution in [2.24, 2.45) is 0 Å². The molecule has 0 fully saturated rings. The highest BCUT2D eigenvalue weighted by Gasteiger charge is 2.25. The van der Waals surface area contributed by atoms with E-state index in [4.69, 9.17) is 0 Å². The third kappa shape index (κ3) is 6.16. The number of benzene rings is 1. The Morgan fingerprint density at radius 1 is 1.12 bits per heavy atom. The third-order valence-corrected chi connectivity index (χ3v) is 5.26. The fourth-order valence-corrected chi connectivity index (χ4v) is 4.09. The highest BCUT2D eigenvalue weighted by atomic mass is 32.1. The Balaban J connectivity index is 0.000000730. The van der Waals surface area contributed by atoms with E-state index in [1.807, 2.05) is 51.2 Å². The third-order valence-electron chi connectivity index (χ3n) is 4.40. The van der Waals surface area contributed by atoms with Gasteiger partial charge in [0.15, 0.2) is 0 Å². The van der Waals surface area contributed by atoms with E-state index in [9.17, 15) is 5.11 Å². The molecule has 1 unspecified atom stereocenters. The van der Waals surface area contributed by atoms with Gasteiger partial charge in [0, 0.05) is 17.5 Å². The van der Waals surface area contributed by atoms with Gasteiger partial charge < -0.3 is 5.11 Å². The molecular formula is C22H35NOS. The van der Waals surface area contributed by atoms with E-state index in [1.165, 1.54) is 22.4 Å². The highest BCUT2D eigenvalue weighted by Crippen LogP contribution is 2.31. The van der Waals surface area contributed by atoms with Crippen molar-refractivity contribution < 1.29 is 5.11 Å². The smallest absolute Gasteiger partial charge is 0.119 e. The Kier molecular flexibility index (Phi) is 10.5. The predicted octanol–water partition coefficient (Wildman–Crippen LogP) is 6.28. The van der Waals surface area contributed by atoms with Gasteiger partial charge in [-0.3, -0.25) is 4.90 Å². The minimum absolute atomic E-state index is 0.478. The Labute approximate surface area is 158 Å². The number of phenolic OH excluding ortho intramolecular Hbond substituents is 1. The largest absolute Gasteiger partial charge is 0.508 e. The van der Waals surface area contributed by atoms with E-state index >= 15 is 0 Å². The fraction of sp³-hybridized carbons (Fsp3) is 0.545. The SMILES string of the molecule is CC.CC.CCCN(Cc1cccs1)C1CCc2c(O)cccc2C1. The first-order valence-corrected chi connectivity index (χ1v) is 10.7. The lowest BCUT2D eigenvalue weighted by atomic mass is 9.86. The lowest BCUT2D eigenvalue weighted by Gasteiger charge is -2.35. The summed E-state index contributed by atoms with van der Waals surface area (Å²) in [6.45, 7) is 12.5. The van der Waals surface area contributed by atoms with Crippen molar-refractivity contribution in [1.29, 1.82) is 0 Å². The molecule has 1 aromatic heterocycles. The van der Waals surface area contributed by atoms with Crippen LogP contribution < -0.4 is 0 Å². The van der Waals surface area contributed by atoms with Crippen molar-refractivity contribution in [3.8, 4) is 5.75 Å². The minimum atomic E-state index is 0.478. The molecule has 2 aromatic rings. The molecule has 25 heavy (non-hydrogen) atoms. The number of hydrogen-bond donors (Lipinski definition) is 1. The van der Waals surface area contributed by atoms with Gasteiger partial charge >= 0.3 is 0 Å². The van der Waals surface area contributed by atoms with E-state index in [0.29, 0.717) is 11.8 Å². The number of hydrogen-bond acceptors (Lipinski definition) is 3. The number of rotatable bonds is 5. The van der Waals surface area contributed by atoms with E-state index in [1.54, 1.807) is 0 Å². The molecule has 1 aliphatic carbocycles. The van der Waals surface area contributed by atoms with Crippen LogP contribution in [0.4, 0.5) is 0 Å². The van der Waals surface area contributed by atoms with Gasteiger partial charge in [-0.2, -0.15) is 0 Å². The molecule has 3 rings (SSSR count). The zero-order chi connectivity index (χ0) is 18.7. The van der Waals surface area contributed by atoms with Gasteiger partial charge in [0.25, 0.3) is 0 Å². The van der Waals surface area contributed by atoms with Crippen LogP contribution in [0.2, 0.25) is 0 Å². The second-order valence-corrected chi connectivity index (χ2v) is 6.89. The molecule has 1 heterocycles. The summed E-state index contributed by atoms with van der Waals surface area (Å²) in [5, 5.41) is 12.1. The van der Waals surface area contributed by atoms with Crippen LogP contribution in [0.5, 0.6) is 5.75 Å². The summed E-state index contributed by atoms with van der Waals surface area (Å²) in [5.74, 6) is 0.478. The van der Waals surface area contributed by atoms with Crippen molar-refractivity contribution in [3.05, 3.63) is 51.7 Å². The van der Waals surface area contributed by atoms with Gasteiger partial charge in [0.05, 0.1) is 0 Å². The van der Waals surface area contributed by atoms with E-state index in [2.05, 4.69) is 35.4 Å². The van der Waals surface area contributed by atoms with Crippen LogP contribution in [0.25, 0.3) is 0 Å².